The summed E-state index contributed by atoms with van der Waals surface area (Å²) in [4.78, 5) is 11.9. The molecule has 1 heterocycles. The summed E-state index contributed by atoms with van der Waals surface area (Å²) in [5, 5.41) is 2.89. The van der Waals surface area contributed by atoms with Gasteiger partial charge in [0.05, 0.1) is 0 Å². The van der Waals surface area contributed by atoms with Crippen LogP contribution >= 0.6 is 28.3 Å². The van der Waals surface area contributed by atoms with Crippen LogP contribution in [0, 0.1) is 0 Å². The Morgan fingerprint density at radius 2 is 2.06 bits per heavy atom. The molecule has 0 bridgehead atoms. The van der Waals surface area contributed by atoms with Gasteiger partial charge in [0.2, 0.25) is 0 Å². The summed E-state index contributed by atoms with van der Waals surface area (Å²) in [7, 11) is 1.84. The number of hydrogen-bond donors (Lipinski definition) is 2. The third-order valence-corrected chi connectivity index (χ3v) is 3.65. The number of halogens is 2. The molecule has 0 aromatic carbocycles. The predicted molar refractivity (Wildman–Crippen MR) is 80.2 cm³/mol. The van der Waals surface area contributed by atoms with Gasteiger partial charge in [-0.1, -0.05) is 13.8 Å². The summed E-state index contributed by atoms with van der Waals surface area (Å²) in [6, 6.07) is 1.80. The van der Waals surface area contributed by atoms with E-state index in [-0.39, 0.29) is 23.9 Å². The summed E-state index contributed by atoms with van der Waals surface area (Å²) in [6.07, 6.45) is 3.55. The molecule has 0 aliphatic heterocycles. The molecule has 0 saturated carbocycles. The first-order chi connectivity index (χ1) is 7.91. The summed E-state index contributed by atoms with van der Waals surface area (Å²) in [6.45, 7) is 4.57. The van der Waals surface area contributed by atoms with Crippen LogP contribution in [0.25, 0.3) is 0 Å². The maximum atomic E-state index is 11.9. The number of rotatable bonds is 5. The smallest absolute Gasteiger partial charge is 0.267 e. The highest BCUT2D eigenvalue weighted by molar-refractivity contribution is 9.10. The van der Waals surface area contributed by atoms with Crippen molar-refractivity contribution in [1.82, 2.24) is 9.88 Å². The number of nitrogens with one attached hydrogen (secondary N) is 1. The lowest BCUT2D eigenvalue weighted by Crippen LogP contribution is -2.49. The monoisotopic (exact) mass is 337 g/mol. The Hall–Kier alpha value is -0.520. The maximum absolute atomic E-state index is 11.9. The number of aryl methyl sites for hydroxylation is 1. The van der Waals surface area contributed by atoms with Crippen LogP contribution in [0.4, 0.5) is 0 Å². The summed E-state index contributed by atoms with van der Waals surface area (Å²) < 4.78 is 2.69. The van der Waals surface area contributed by atoms with Crippen LogP contribution in [0.5, 0.6) is 0 Å². The van der Waals surface area contributed by atoms with Crippen molar-refractivity contribution in [3.05, 3.63) is 22.4 Å². The van der Waals surface area contributed by atoms with Gasteiger partial charge in [-0.2, -0.15) is 0 Å². The molecule has 104 valence electrons. The topological polar surface area (TPSA) is 60.0 Å². The van der Waals surface area contributed by atoms with E-state index in [2.05, 4.69) is 21.2 Å². The molecule has 18 heavy (non-hydrogen) atoms. The zero-order valence-electron chi connectivity index (χ0n) is 11.0. The highest BCUT2D eigenvalue weighted by Crippen LogP contribution is 2.14. The molecule has 1 aromatic heterocycles. The van der Waals surface area contributed by atoms with Crippen molar-refractivity contribution in [3.8, 4) is 0 Å². The van der Waals surface area contributed by atoms with Crippen LogP contribution < -0.4 is 11.1 Å². The molecule has 3 N–H and O–H groups in total. The average molecular weight is 339 g/mol. The molecule has 0 atom stereocenters. The zero-order valence-corrected chi connectivity index (χ0v) is 13.4. The van der Waals surface area contributed by atoms with Crippen molar-refractivity contribution in [2.24, 2.45) is 12.8 Å². The number of hydrogen-bond acceptors (Lipinski definition) is 2. The van der Waals surface area contributed by atoms with Crippen molar-refractivity contribution < 1.29 is 4.79 Å². The van der Waals surface area contributed by atoms with E-state index in [1.54, 1.807) is 10.6 Å². The molecular weight excluding hydrogens is 318 g/mol. The SMILES string of the molecule is CCC(N)(CC)CNC(=O)c1cc(Br)cn1C.Cl. The van der Waals surface area contributed by atoms with Gasteiger partial charge < -0.3 is 15.6 Å². The second-order valence-corrected chi connectivity index (χ2v) is 5.32. The second kappa shape index (κ2) is 7.16. The van der Waals surface area contributed by atoms with E-state index >= 15 is 0 Å². The number of carbonyl (C=O) groups excluding carboxylic acids is 1. The fourth-order valence-corrected chi connectivity index (χ4v) is 2.12. The minimum atomic E-state index is -0.307. The minimum absolute atomic E-state index is 0. The van der Waals surface area contributed by atoms with E-state index in [1.807, 2.05) is 27.1 Å². The molecule has 0 spiro atoms. The quantitative estimate of drug-likeness (QED) is 0.866. The van der Waals surface area contributed by atoms with Crippen LogP contribution in [0.3, 0.4) is 0 Å². The van der Waals surface area contributed by atoms with E-state index in [0.29, 0.717) is 12.2 Å². The minimum Gasteiger partial charge on any atom is -0.349 e. The third-order valence-electron chi connectivity index (χ3n) is 3.21. The van der Waals surface area contributed by atoms with E-state index in [4.69, 9.17) is 5.73 Å². The molecule has 6 heteroatoms. The predicted octanol–water partition coefficient (Wildman–Crippen LogP) is 2.46. The number of nitrogens with two attached hydrogens (primary N) is 1. The highest BCUT2D eigenvalue weighted by atomic mass is 79.9. The summed E-state index contributed by atoms with van der Waals surface area (Å²) in [5.41, 5.74) is 6.46. The van der Waals surface area contributed by atoms with Crippen molar-refractivity contribution >= 4 is 34.2 Å². The van der Waals surface area contributed by atoms with Crippen LogP contribution in [0.15, 0.2) is 16.7 Å². The van der Waals surface area contributed by atoms with Crippen LogP contribution in [0.2, 0.25) is 0 Å². The van der Waals surface area contributed by atoms with Gasteiger partial charge in [0.1, 0.15) is 5.69 Å². The Labute approximate surface area is 123 Å². The van der Waals surface area contributed by atoms with Gasteiger partial charge in [-0.25, -0.2) is 0 Å². The Kier molecular flexibility index (Phi) is 6.96. The second-order valence-electron chi connectivity index (χ2n) is 4.41. The maximum Gasteiger partial charge on any atom is 0.267 e. The van der Waals surface area contributed by atoms with Crippen LogP contribution in [-0.4, -0.2) is 22.6 Å². The Morgan fingerprint density at radius 1 is 1.50 bits per heavy atom. The Morgan fingerprint density at radius 3 is 2.44 bits per heavy atom. The van der Waals surface area contributed by atoms with Gasteiger partial charge in [0.25, 0.3) is 5.91 Å². The first-order valence-electron chi connectivity index (χ1n) is 5.81. The lowest BCUT2D eigenvalue weighted by atomic mass is 9.94. The molecule has 0 aliphatic carbocycles. The Bertz CT molecular complexity index is 402. The molecule has 0 radical (unpaired) electrons. The van der Waals surface area contributed by atoms with E-state index in [0.717, 1.165) is 17.3 Å². The van der Waals surface area contributed by atoms with Gasteiger partial charge in [0, 0.05) is 29.8 Å². The lowest BCUT2D eigenvalue weighted by Gasteiger charge is -2.26. The van der Waals surface area contributed by atoms with Crippen LogP contribution in [-0.2, 0) is 7.05 Å². The molecular formula is C12H21BrClN3O. The van der Waals surface area contributed by atoms with Gasteiger partial charge in [-0.15, -0.1) is 12.4 Å². The lowest BCUT2D eigenvalue weighted by molar-refractivity contribution is 0.0934. The zero-order chi connectivity index (χ0) is 13.1. The fourth-order valence-electron chi connectivity index (χ4n) is 1.60. The molecule has 4 nitrogen and oxygen atoms in total. The molecule has 0 fully saturated rings. The molecule has 1 amide bonds. The number of nitrogens with zero attached hydrogens (tertiary/aromatic N) is 1. The normalized spacial score (nSPS) is 10.9. The van der Waals surface area contributed by atoms with Crippen LogP contribution in [0.1, 0.15) is 37.2 Å². The molecule has 1 aromatic rings. The van der Waals surface area contributed by atoms with Crippen molar-refractivity contribution in [2.45, 2.75) is 32.2 Å². The number of amides is 1. The fraction of sp³-hybridized carbons (Fsp3) is 0.583. The highest BCUT2D eigenvalue weighted by Gasteiger charge is 2.21. The average Bonchev–Trinajstić information content (AvgIpc) is 2.65. The molecule has 1 rings (SSSR count). The Balaban J connectivity index is 0.00000289. The van der Waals surface area contributed by atoms with E-state index in [9.17, 15) is 4.79 Å². The molecule has 0 aliphatic rings. The summed E-state index contributed by atoms with van der Waals surface area (Å²) in [5.74, 6) is -0.0880. The van der Waals surface area contributed by atoms with Crippen molar-refractivity contribution in [2.75, 3.05) is 6.54 Å². The van der Waals surface area contributed by atoms with Gasteiger partial charge >= 0.3 is 0 Å². The standard InChI is InChI=1S/C12H20BrN3O.ClH/c1-4-12(14,5-2)8-15-11(17)10-6-9(13)7-16(10)3;/h6-7H,4-5,8,14H2,1-3H3,(H,15,17);1H. The third kappa shape index (κ3) is 4.30. The van der Waals surface area contributed by atoms with Crippen molar-refractivity contribution in [1.29, 1.82) is 0 Å². The number of aromatic nitrogens is 1. The first-order valence-corrected chi connectivity index (χ1v) is 6.60. The summed E-state index contributed by atoms with van der Waals surface area (Å²) >= 11 is 3.34. The van der Waals surface area contributed by atoms with E-state index in [1.165, 1.54) is 0 Å². The van der Waals surface area contributed by atoms with Gasteiger partial charge in [-0.05, 0) is 34.8 Å². The van der Waals surface area contributed by atoms with E-state index < -0.39 is 0 Å². The largest absolute Gasteiger partial charge is 0.349 e. The van der Waals surface area contributed by atoms with Gasteiger partial charge in [0.15, 0.2) is 0 Å². The first kappa shape index (κ1) is 17.5. The molecule has 0 saturated heterocycles. The number of carbonyl (C=O) groups is 1. The molecule has 0 unspecified atom stereocenters. The van der Waals surface area contributed by atoms with Crippen molar-refractivity contribution in [3.63, 3.8) is 0 Å². The van der Waals surface area contributed by atoms with Gasteiger partial charge in [-0.3, -0.25) is 4.79 Å².